The highest BCUT2D eigenvalue weighted by atomic mass is 35.5. The van der Waals surface area contributed by atoms with Crippen LogP contribution in [0.4, 0.5) is 5.82 Å². The van der Waals surface area contributed by atoms with Gasteiger partial charge in [0.15, 0.2) is 0 Å². The molecular formula is C14H19ClN4OS. The lowest BCUT2D eigenvalue weighted by Crippen LogP contribution is -2.37. The van der Waals surface area contributed by atoms with Gasteiger partial charge in [-0.25, -0.2) is 4.98 Å². The number of hydrogen-bond acceptors (Lipinski definition) is 5. The third-order valence-corrected chi connectivity index (χ3v) is 4.20. The van der Waals surface area contributed by atoms with Crippen LogP contribution in [-0.4, -0.2) is 48.0 Å². The first-order chi connectivity index (χ1) is 9.92. The summed E-state index contributed by atoms with van der Waals surface area (Å²) in [5.74, 6) is 0.782. The zero-order chi connectivity index (χ0) is 15.6. The second kappa shape index (κ2) is 6.58. The van der Waals surface area contributed by atoms with Crippen LogP contribution in [-0.2, 0) is 4.79 Å². The number of halogens is 1. The van der Waals surface area contributed by atoms with Gasteiger partial charge in [-0.15, -0.1) is 11.3 Å². The fourth-order valence-electron chi connectivity index (χ4n) is 2.08. The average molecular weight is 327 g/mol. The zero-order valence-corrected chi connectivity index (χ0v) is 14.3. The van der Waals surface area contributed by atoms with Crippen LogP contribution in [0.2, 0.25) is 5.28 Å². The first-order valence-corrected chi connectivity index (χ1v) is 8.00. The highest BCUT2D eigenvalue weighted by molar-refractivity contribution is 7.18. The number of fused-ring (bicyclic) bond motifs is 1. The molecule has 0 N–H and O–H groups in total. The molecule has 0 atom stereocenters. The summed E-state index contributed by atoms with van der Waals surface area (Å²) < 4.78 is 0. The molecule has 0 fully saturated rings. The molecule has 1 amide bonds. The van der Waals surface area contributed by atoms with Crippen LogP contribution < -0.4 is 4.90 Å². The van der Waals surface area contributed by atoms with Gasteiger partial charge in [0, 0.05) is 25.5 Å². The fourth-order valence-corrected chi connectivity index (χ4v) is 3.17. The molecule has 0 aliphatic heterocycles. The Morgan fingerprint density at radius 1 is 1.38 bits per heavy atom. The van der Waals surface area contributed by atoms with Crippen molar-refractivity contribution < 1.29 is 4.79 Å². The first kappa shape index (κ1) is 16.0. The molecule has 0 spiro atoms. The number of aromatic nitrogens is 2. The largest absolute Gasteiger partial charge is 0.347 e. The van der Waals surface area contributed by atoms with E-state index in [-0.39, 0.29) is 17.7 Å². The van der Waals surface area contributed by atoms with E-state index in [9.17, 15) is 4.79 Å². The van der Waals surface area contributed by atoms with Gasteiger partial charge >= 0.3 is 0 Å². The van der Waals surface area contributed by atoms with E-state index < -0.39 is 0 Å². The maximum Gasteiger partial charge on any atom is 0.241 e. The van der Waals surface area contributed by atoms with Crippen molar-refractivity contribution in [2.45, 2.75) is 20.3 Å². The number of likely N-dealkylation sites (N-methyl/N-ethyl adjacent to an activating group) is 1. The van der Waals surface area contributed by atoms with Crippen LogP contribution in [0.5, 0.6) is 0 Å². The number of nitrogens with zero attached hydrogens (tertiary/aromatic N) is 4. The number of hydrogen-bond donors (Lipinski definition) is 0. The topological polar surface area (TPSA) is 49.3 Å². The molecule has 2 aromatic rings. The average Bonchev–Trinajstić information content (AvgIpc) is 2.77. The molecule has 2 rings (SSSR count). The Bertz CT molecular complexity index is 656. The number of anilines is 1. The first-order valence-electron chi connectivity index (χ1n) is 6.81. The van der Waals surface area contributed by atoms with Gasteiger partial charge in [-0.3, -0.25) is 4.79 Å². The summed E-state index contributed by atoms with van der Waals surface area (Å²) in [5.41, 5.74) is 0. The van der Waals surface area contributed by atoms with Gasteiger partial charge in [0.25, 0.3) is 0 Å². The minimum atomic E-state index is 0.0401. The van der Waals surface area contributed by atoms with Crippen LogP contribution in [0, 0.1) is 6.92 Å². The molecule has 21 heavy (non-hydrogen) atoms. The third kappa shape index (κ3) is 3.63. The lowest BCUT2D eigenvalue weighted by molar-refractivity contribution is -0.127. The Hall–Kier alpha value is -1.40. The third-order valence-electron chi connectivity index (χ3n) is 3.09. The van der Waals surface area contributed by atoms with Crippen LogP contribution in [0.15, 0.2) is 6.07 Å². The molecule has 2 aromatic heterocycles. The van der Waals surface area contributed by atoms with Crippen molar-refractivity contribution in [3.63, 3.8) is 0 Å². The molecule has 5 nitrogen and oxygen atoms in total. The molecule has 0 aliphatic rings. The normalized spacial score (nSPS) is 10.9. The second-order valence-electron chi connectivity index (χ2n) is 5.10. The highest BCUT2D eigenvalue weighted by Crippen LogP contribution is 2.31. The van der Waals surface area contributed by atoms with E-state index in [1.54, 1.807) is 30.3 Å². The summed E-state index contributed by atoms with van der Waals surface area (Å²) in [6.45, 7) is 5.14. The molecule has 0 aliphatic carbocycles. The van der Waals surface area contributed by atoms with Gasteiger partial charge in [0.05, 0.1) is 11.9 Å². The Kier molecular flexibility index (Phi) is 5.00. The van der Waals surface area contributed by atoms with Crippen molar-refractivity contribution in [2.75, 3.05) is 32.1 Å². The van der Waals surface area contributed by atoms with E-state index in [0.717, 1.165) is 33.9 Å². The minimum absolute atomic E-state index is 0.0401. The number of carbonyl (C=O) groups is 1. The van der Waals surface area contributed by atoms with Gasteiger partial charge in [0.2, 0.25) is 11.2 Å². The smallest absolute Gasteiger partial charge is 0.241 e. The molecule has 0 aromatic carbocycles. The monoisotopic (exact) mass is 326 g/mol. The van der Waals surface area contributed by atoms with Crippen LogP contribution in [0.25, 0.3) is 10.2 Å². The molecule has 0 radical (unpaired) electrons. The number of carbonyl (C=O) groups excluding carboxylic acids is 1. The fraction of sp³-hybridized carbons (Fsp3) is 0.500. The van der Waals surface area contributed by atoms with Crippen molar-refractivity contribution in [1.29, 1.82) is 0 Å². The van der Waals surface area contributed by atoms with Crippen molar-refractivity contribution in [3.8, 4) is 0 Å². The molecule has 114 valence electrons. The predicted octanol–water partition coefficient (Wildman–Crippen LogP) is 2.96. The van der Waals surface area contributed by atoms with E-state index in [1.807, 2.05) is 11.8 Å². The zero-order valence-electron chi connectivity index (χ0n) is 12.7. The summed E-state index contributed by atoms with van der Waals surface area (Å²) in [6.07, 6.45) is 0.924. The number of amides is 1. The maximum absolute atomic E-state index is 12.0. The van der Waals surface area contributed by atoms with Crippen molar-refractivity contribution >= 4 is 44.9 Å². The van der Waals surface area contributed by atoms with Crippen LogP contribution >= 0.6 is 22.9 Å². The van der Waals surface area contributed by atoms with Gasteiger partial charge in [-0.2, -0.15) is 4.98 Å². The van der Waals surface area contributed by atoms with E-state index in [1.165, 1.54) is 0 Å². The molecule has 2 heterocycles. The lowest BCUT2D eigenvalue weighted by Gasteiger charge is -2.24. The van der Waals surface area contributed by atoms with Crippen LogP contribution in [0.1, 0.15) is 18.2 Å². The van der Waals surface area contributed by atoms with E-state index in [2.05, 4.69) is 23.0 Å². The molecular weight excluding hydrogens is 308 g/mol. The summed E-state index contributed by atoms with van der Waals surface area (Å²) in [4.78, 5) is 26.2. The van der Waals surface area contributed by atoms with Gasteiger partial charge in [0.1, 0.15) is 10.6 Å². The highest BCUT2D eigenvalue weighted by Gasteiger charge is 2.18. The molecule has 7 heteroatoms. The Morgan fingerprint density at radius 3 is 2.71 bits per heavy atom. The maximum atomic E-state index is 12.0. The molecule has 0 saturated heterocycles. The Morgan fingerprint density at radius 2 is 2.10 bits per heavy atom. The summed E-state index contributed by atoms with van der Waals surface area (Å²) >= 11 is 7.62. The second-order valence-corrected chi connectivity index (χ2v) is 6.67. The molecule has 0 bridgehead atoms. The Balaban J connectivity index is 2.46. The van der Waals surface area contributed by atoms with E-state index >= 15 is 0 Å². The molecule has 0 saturated carbocycles. The summed E-state index contributed by atoms with van der Waals surface area (Å²) in [6, 6.07) is 2.05. The SMILES string of the molecule is CCCN(CC(=O)N(C)C)c1nc(Cl)nc2sc(C)cc12. The molecule has 0 unspecified atom stereocenters. The van der Waals surface area contributed by atoms with Crippen molar-refractivity contribution in [1.82, 2.24) is 14.9 Å². The number of rotatable bonds is 5. The van der Waals surface area contributed by atoms with E-state index in [0.29, 0.717) is 0 Å². The van der Waals surface area contributed by atoms with Gasteiger partial charge < -0.3 is 9.80 Å². The van der Waals surface area contributed by atoms with Gasteiger partial charge in [-0.1, -0.05) is 6.92 Å². The summed E-state index contributed by atoms with van der Waals surface area (Å²) in [5, 5.41) is 1.18. The Labute approximate surface area is 133 Å². The van der Waals surface area contributed by atoms with E-state index in [4.69, 9.17) is 11.6 Å². The van der Waals surface area contributed by atoms with Crippen molar-refractivity contribution in [2.24, 2.45) is 0 Å². The minimum Gasteiger partial charge on any atom is -0.347 e. The predicted molar refractivity (Wildman–Crippen MR) is 88.4 cm³/mol. The van der Waals surface area contributed by atoms with Crippen molar-refractivity contribution in [3.05, 3.63) is 16.2 Å². The number of aryl methyl sites for hydroxylation is 1. The van der Waals surface area contributed by atoms with Gasteiger partial charge in [-0.05, 0) is 31.0 Å². The van der Waals surface area contributed by atoms with Crippen LogP contribution in [0.3, 0.4) is 0 Å². The lowest BCUT2D eigenvalue weighted by atomic mass is 10.3. The summed E-state index contributed by atoms with van der Waals surface area (Å²) in [7, 11) is 3.51. The number of thiophene rings is 1. The standard InChI is InChI=1S/C14H19ClN4OS/c1-5-6-19(8-11(20)18(3)4)12-10-7-9(2)21-13(10)17-14(15)16-12/h7H,5-6,8H2,1-4H3. The quantitative estimate of drug-likeness (QED) is 0.793.